The van der Waals surface area contributed by atoms with Crippen LogP contribution in [-0.4, -0.2) is 99.1 Å². The van der Waals surface area contributed by atoms with Gasteiger partial charge in [-0.05, 0) is 91.9 Å². The molecule has 9 rings (SSSR count). The van der Waals surface area contributed by atoms with Crippen LogP contribution < -0.4 is 20.7 Å². The number of ether oxygens (including phenoxy) is 1. The second-order valence-electron chi connectivity index (χ2n) is 15.7. The first kappa shape index (κ1) is 60.0. The van der Waals surface area contributed by atoms with E-state index in [0.717, 1.165) is 47.5 Å². The molecule has 5 N–H and O–H groups in total. The summed E-state index contributed by atoms with van der Waals surface area (Å²) in [4.78, 5) is 42.7. The molecule has 0 bridgehead atoms. The number of alkyl halides is 2. The average molecular weight is 1110 g/mol. The van der Waals surface area contributed by atoms with Gasteiger partial charge in [-0.25, -0.2) is 19.6 Å². The number of rotatable bonds is 9. The molecular formula is C50H55Cl5N12O7. The van der Waals surface area contributed by atoms with Gasteiger partial charge in [0.05, 0.1) is 26.8 Å². The van der Waals surface area contributed by atoms with E-state index in [1.54, 1.807) is 85.9 Å². The molecule has 3 amide bonds. The van der Waals surface area contributed by atoms with Gasteiger partial charge in [0.2, 0.25) is 23.6 Å². The van der Waals surface area contributed by atoms with E-state index in [2.05, 4.69) is 62.4 Å². The number of carbonyl (C=O) groups is 2. The molecule has 0 saturated heterocycles. The zero-order valence-corrected chi connectivity index (χ0v) is 43.6. The number of urea groups is 1. The van der Waals surface area contributed by atoms with Gasteiger partial charge in [0, 0.05) is 69.4 Å². The molecule has 2 aliphatic heterocycles. The first-order chi connectivity index (χ1) is 34.7. The van der Waals surface area contributed by atoms with Crippen LogP contribution in [-0.2, 0) is 0 Å². The lowest BCUT2D eigenvalue weighted by molar-refractivity contribution is 0.180. The van der Waals surface area contributed by atoms with Crippen LogP contribution in [0.1, 0.15) is 89.7 Å². The maximum absolute atomic E-state index is 12.5. The van der Waals surface area contributed by atoms with Crippen LogP contribution in [0.3, 0.4) is 0 Å². The van der Waals surface area contributed by atoms with Crippen molar-refractivity contribution < 1.29 is 33.4 Å². The minimum absolute atomic E-state index is 0. The largest absolute Gasteiger partial charge is 0.422 e. The number of benzene rings is 1. The van der Waals surface area contributed by atoms with Gasteiger partial charge in [-0.3, -0.25) is 20.6 Å². The average Bonchev–Trinajstić information content (AvgIpc) is 4.04. The first-order valence-electron chi connectivity index (χ1n) is 22.1. The highest BCUT2D eigenvalue weighted by atomic mass is 35.5. The number of aromatic nitrogens is 8. The number of aryl methyl sites for hydroxylation is 4. The van der Waals surface area contributed by atoms with Crippen molar-refractivity contribution in [3.63, 3.8) is 0 Å². The Bertz CT molecular complexity index is 2950. The number of pyridine rings is 4. The predicted molar refractivity (Wildman–Crippen MR) is 288 cm³/mol. The minimum Gasteiger partial charge on any atom is -0.422 e. The fourth-order valence-electron chi connectivity index (χ4n) is 6.71. The van der Waals surface area contributed by atoms with Crippen LogP contribution in [0.5, 0.6) is 5.75 Å². The minimum atomic E-state index is -1.10. The monoisotopic (exact) mass is 1110 g/mol. The standard InChI is InChI=1S/C21H21ClN6O3.C14H15ClN4O2.C13H12N2O2.CH2Cl2.CH4.ClH/c1-12-3-4-17(23-10-12)25-21(30)28-7-5-14(6-8-28)18-16(22)9-15(11-24-18)19(29)20-27-26-13(2)31-20;1-8-18-19-14(21-8)13(20)10-6-11(15)12(17-7-10)9-2-4-16-5-3-9;1-10-7-8-12(14-9-10)15-13(16)17-11-5-3-2-4-6-11;2-1-3;;/h3-5,9-11,19,29H,6-8H2,1-2H3,(H,23,25,30);2,6-7,13,16,20H,3-5H2,1H3;2-9H,1H3,(H,14,15,16);1H2;1H4;1H. The molecule has 2 unspecified atom stereocenters. The van der Waals surface area contributed by atoms with Gasteiger partial charge in [0.25, 0.3) is 0 Å². The van der Waals surface area contributed by atoms with Gasteiger partial charge < -0.3 is 34.0 Å². The number of hydrogen-bond donors (Lipinski definition) is 5. The lowest BCUT2D eigenvalue weighted by Gasteiger charge is -2.26. The molecule has 0 spiro atoms. The van der Waals surface area contributed by atoms with Gasteiger partial charge in [-0.15, -0.1) is 56.0 Å². The Hall–Kier alpha value is -6.55. The van der Waals surface area contributed by atoms with Crippen LogP contribution in [0.25, 0.3) is 11.1 Å². The summed E-state index contributed by atoms with van der Waals surface area (Å²) < 4.78 is 15.5. The van der Waals surface area contributed by atoms with Crippen molar-refractivity contribution in [2.24, 2.45) is 0 Å². The maximum Gasteiger partial charge on any atom is 0.418 e. The predicted octanol–water partition coefficient (Wildman–Crippen LogP) is 10.9. The molecule has 2 aliphatic rings. The lowest BCUT2D eigenvalue weighted by Crippen LogP contribution is -2.38. The van der Waals surface area contributed by atoms with Gasteiger partial charge in [-0.1, -0.05) is 73.1 Å². The van der Waals surface area contributed by atoms with E-state index in [4.69, 9.17) is 60.0 Å². The van der Waals surface area contributed by atoms with Crippen LogP contribution >= 0.6 is 58.8 Å². The summed E-state index contributed by atoms with van der Waals surface area (Å²) in [6.07, 6.45) is 9.34. The summed E-state index contributed by atoms with van der Waals surface area (Å²) >= 11 is 22.3. The van der Waals surface area contributed by atoms with E-state index in [1.165, 1.54) is 6.20 Å². The molecule has 0 fully saturated rings. The van der Waals surface area contributed by atoms with Gasteiger partial charge in [0.1, 0.15) is 17.4 Å². The van der Waals surface area contributed by atoms with Crippen LogP contribution in [0.4, 0.5) is 21.2 Å². The molecule has 2 atom stereocenters. The molecule has 74 heavy (non-hydrogen) atoms. The third-order valence-electron chi connectivity index (χ3n) is 10.3. The van der Waals surface area contributed by atoms with Crippen LogP contribution in [0, 0.1) is 27.7 Å². The Morgan fingerprint density at radius 3 is 1.65 bits per heavy atom. The van der Waals surface area contributed by atoms with Crippen molar-refractivity contribution in [2.45, 2.75) is 60.2 Å². The Kier molecular flexibility index (Phi) is 24.3. The molecular weight excluding hydrogens is 1060 g/mol. The fraction of sp³-hybridized carbons (Fsp3) is 0.280. The first-order valence-corrected chi connectivity index (χ1v) is 24.0. The van der Waals surface area contributed by atoms with E-state index in [9.17, 15) is 19.8 Å². The van der Waals surface area contributed by atoms with Crippen molar-refractivity contribution >= 4 is 93.7 Å². The molecule has 8 heterocycles. The van der Waals surface area contributed by atoms with Gasteiger partial charge in [0.15, 0.2) is 12.2 Å². The fourth-order valence-corrected chi connectivity index (χ4v) is 7.30. The van der Waals surface area contributed by atoms with E-state index >= 15 is 0 Å². The number of hydrogen-bond acceptors (Lipinski definition) is 16. The van der Waals surface area contributed by atoms with Crippen LogP contribution in [0.2, 0.25) is 10.0 Å². The van der Waals surface area contributed by atoms with E-state index in [1.807, 2.05) is 38.1 Å². The zero-order valence-electron chi connectivity index (χ0n) is 39.8. The number of amides is 3. The number of anilines is 2. The number of carbonyl (C=O) groups excluding carboxylic acids is 2. The Morgan fingerprint density at radius 1 is 0.716 bits per heavy atom. The number of aliphatic hydroxyl groups excluding tert-OH is 2. The van der Waals surface area contributed by atoms with Crippen molar-refractivity contribution in [3.05, 3.63) is 171 Å². The highest BCUT2D eigenvalue weighted by Gasteiger charge is 2.24. The summed E-state index contributed by atoms with van der Waals surface area (Å²) in [5, 5.41) is 45.4. The molecule has 7 aromatic rings. The molecule has 1 aromatic carbocycles. The molecule has 19 nitrogen and oxygen atoms in total. The zero-order chi connectivity index (χ0) is 51.6. The molecule has 392 valence electrons. The molecule has 24 heteroatoms. The normalized spacial score (nSPS) is 13.4. The topological polar surface area (TPSA) is 253 Å². The summed E-state index contributed by atoms with van der Waals surface area (Å²) in [6, 6.07) is 19.2. The van der Waals surface area contributed by atoms with Crippen molar-refractivity contribution in [1.29, 1.82) is 0 Å². The molecule has 0 saturated carbocycles. The van der Waals surface area contributed by atoms with Crippen molar-refractivity contribution in [3.8, 4) is 5.75 Å². The van der Waals surface area contributed by atoms with Crippen molar-refractivity contribution in [2.75, 3.05) is 42.2 Å². The maximum atomic E-state index is 12.5. The SMILES string of the molecule is C.Cc1ccc(NC(=O)N2CC=C(c3ncc(C(O)c4nnc(C)o4)cc3Cl)CC2)nc1.Cc1ccc(NC(=O)Oc2ccccc2)nc1.Cc1nnc(C(O)c2cnc(C3=CCNCC3)c(Cl)c2)o1.Cl.ClCCl. The van der Waals surface area contributed by atoms with Crippen LogP contribution in [0.15, 0.2) is 113 Å². The number of nitrogens with zero attached hydrogens (tertiary/aromatic N) is 9. The molecule has 0 aliphatic carbocycles. The summed E-state index contributed by atoms with van der Waals surface area (Å²) in [5.74, 6) is 2.47. The summed E-state index contributed by atoms with van der Waals surface area (Å²) in [5.41, 5.74) is 6.49. The molecule has 0 radical (unpaired) electrons. The van der Waals surface area contributed by atoms with Gasteiger partial charge in [-0.2, -0.15) is 0 Å². The summed E-state index contributed by atoms with van der Waals surface area (Å²) in [6.45, 7) is 9.86. The smallest absolute Gasteiger partial charge is 0.418 e. The highest BCUT2D eigenvalue weighted by molar-refractivity contribution is 6.40. The third-order valence-corrected chi connectivity index (χ3v) is 10.9. The quantitative estimate of drug-likeness (QED) is 0.0843. The highest BCUT2D eigenvalue weighted by Crippen LogP contribution is 2.32. The Labute approximate surface area is 454 Å². The van der Waals surface area contributed by atoms with E-state index < -0.39 is 18.3 Å². The number of nitrogens with one attached hydrogen (secondary N) is 3. The molecule has 6 aromatic heterocycles. The second kappa shape index (κ2) is 30.0. The van der Waals surface area contributed by atoms with E-state index in [-0.39, 0.29) is 43.0 Å². The Balaban J connectivity index is 0.000000242. The summed E-state index contributed by atoms with van der Waals surface area (Å²) in [7, 11) is 0. The number of halogens is 5. The second-order valence-corrected chi connectivity index (χ2v) is 17.4. The number of aliphatic hydroxyl groups is 2. The van der Waals surface area contributed by atoms with Gasteiger partial charge >= 0.3 is 12.1 Å². The lowest BCUT2D eigenvalue weighted by atomic mass is 10.0. The third kappa shape index (κ3) is 17.8. The van der Waals surface area contributed by atoms with Crippen molar-refractivity contribution in [1.82, 2.24) is 50.5 Å². The van der Waals surface area contributed by atoms with E-state index in [0.29, 0.717) is 75.5 Å². The Morgan fingerprint density at radius 2 is 1.23 bits per heavy atom. The number of para-hydroxylation sites is 1.